The maximum Gasteiger partial charge on any atom is 0.321 e. The fraction of sp³-hybridized carbons (Fsp3) is 0.526. The Hall–Kier alpha value is -2.61. The van der Waals surface area contributed by atoms with Crippen LogP contribution in [-0.4, -0.2) is 60.3 Å². The number of carbonyl (C=O) groups is 3. The predicted molar refractivity (Wildman–Crippen MR) is 100 cm³/mol. The number of amides is 3. The number of carboxylic acid groups (broad SMARTS) is 1. The van der Waals surface area contributed by atoms with Crippen molar-refractivity contribution in [3.05, 3.63) is 30.3 Å². The van der Waals surface area contributed by atoms with Crippen LogP contribution in [0.1, 0.15) is 26.2 Å². The molecule has 1 aromatic carbocycles. The summed E-state index contributed by atoms with van der Waals surface area (Å²) in [7, 11) is 1.46. The minimum absolute atomic E-state index is 0.0932. The third kappa shape index (κ3) is 6.25. The van der Waals surface area contributed by atoms with Gasteiger partial charge in [0.1, 0.15) is 0 Å². The third-order valence-corrected chi connectivity index (χ3v) is 4.53. The Balaban J connectivity index is 1.96. The number of hydrogen-bond donors (Lipinski definition) is 3. The van der Waals surface area contributed by atoms with Crippen LogP contribution in [0.2, 0.25) is 0 Å². The summed E-state index contributed by atoms with van der Waals surface area (Å²) in [5, 5.41) is 14.7. The summed E-state index contributed by atoms with van der Waals surface area (Å²) < 4.78 is 5.07. The number of benzene rings is 1. The number of carboxylic acids is 1. The van der Waals surface area contributed by atoms with Gasteiger partial charge in [0.05, 0.1) is 24.5 Å². The van der Waals surface area contributed by atoms with Crippen molar-refractivity contribution in [3.8, 4) is 0 Å². The molecule has 1 aliphatic heterocycles. The van der Waals surface area contributed by atoms with Crippen LogP contribution in [0.25, 0.3) is 0 Å². The number of likely N-dealkylation sites (tertiary alicyclic amines) is 1. The number of aliphatic carboxylic acids is 1. The second-order valence-electron chi connectivity index (χ2n) is 7.13. The van der Waals surface area contributed by atoms with Crippen LogP contribution < -0.4 is 10.6 Å². The van der Waals surface area contributed by atoms with Gasteiger partial charge in [-0.15, -0.1) is 0 Å². The number of ether oxygens (including phenoxy) is 1. The monoisotopic (exact) mass is 377 g/mol. The van der Waals surface area contributed by atoms with Gasteiger partial charge in [-0.25, -0.2) is 4.79 Å². The van der Waals surface area contributed by atoms with Gasteiger partial charge in [0.2, 0.25) is 5.91 Å². The molecule has 1 heterocycles. The number of nitrogens with one attached hydrogen (secondary N) is 2. The third-order valence-electron chi connectivity index (χ3n) is 4.53. The lowest BCUT2D eigenvalue weighted by atomic mass is 9.93. The van der Waals surface area contributed by atoms with Gasteiger partial charge in [-0.3, -0.25) is 9.59 Å². The molecule has 0 saturated carbocycles. The van der Waals surface area contributed by atoms with E-state index < -0.39 is 11.5 Å². The molecule has 0 bridgehead atoms. The molecular formula is C19H27N3O5. The number of para-hydroxylation sites is 1. The first-order valence-electron chi connectivity index (χ1n) is 8.97. The van der Waals surface area contributed by atoms with E-state index in [1.165, 1.54) is 7.11 Å². The molecule has 8 nitrogen and oxygen atoms in total. The standard InChI is InChI=1S/C19H27N3O5/c1-19(13-27-2,11-16(23)24)21-17(25)14-7-6-10-22(12-14)18(26)20-15-8-4-3-5-9-15/h3-5,8-9,14H,6-7,10-13H2,1-2H3,(H,20,26)(H,21,25)(H,23,24). The van der Waals surface area contributed by atoms with Gasteiger partial charge in [0, 0.05) is 25.9 Å². The molecule has 0 aromatic heterocycles. The van der Waals surface area contributed by atoms with Crippen molar-refractivity contribution >= 4 is 23.6 Å². The molecule has 1 aromatic rings. The fourth-order valence-electron chi connectivity index (χ4n) is 3.28. The van der Waals surface area contributed by atoms with E-state index in [0.717, 1.165) is 0 Å². The van der Waals surface area contributed by atoms with Crippen molar-refractivity contribution in [2.45, 2.75) is 31.7 Å². The summed E-state index contributed by atoms with van der Waals surface area (Å²) in [5.74, 6) is -1.65. The number of rotatable bonds is 7. The quantitative estimate of drug-likeness (QED) is 0.673. The van der Waals surface area contributed by atoms with E-state index in [0.29, 0.717) is 31.6 Å². The summed E-state index contributed by atoms with van der Waals surface area (Å²) in [6.07, 6.45) is 1.12. The first-order valence-corrected chi connectivity index (χ1v) is 8.97. The second kappa shape index (κ2) is 9.36. The first-order chi connectivity index (χ1) is 12.8. The molecule has 2 rings (SSSR count). The van der Waals surface area contributed by atoms with E-state index in [9.17, 15) is 14.4 Å². The van der Waals surface area contributed by atoms with E-state index in [-0.39, 0.29) is 30.9 Å². The number of hydrogen-bond acceptors (Lipinski definition) is 4. The minimum Gasteiger partial charge on any atom is -0.481 e. The van der Waals surface area contributed by atoms with Crippen LogP contribution in [0, 0.1) is 5.92 Å². The van der Waals surface area contributed by atoms with Crippen LogP contribution in [0.5, 0.6) is 0 Å². The highest BCUT2D eigenvalue weighted by Crippen LogP contribution is 2.20. The molecule has 1 saturated heterocycles. The average molecular weight is 377 g/mol. The zero-order valence-corrected chi connectivity index (χ0v) is 15.7. The number of piperidine rings is 1. The Morgan fingerprint density at radius 3 is 2.63 bits per heavy atom. The lowest BCUT2D eigenvalue weighted by Gasteiger charge is -2.35. The number of nitrogens with zero attached hydrogens (tertiary/aromatic N) is 1. The summed E-state index contributed by atoms with van der Waals surface area (Å²) in [4.78, 5) is 37.8. The van der Waals surface area contributed by atoms with E-state index in [1.54, 1.807) is 24.0 Å². The average Bonchev–Trinajstić information content (AvgIpc) is 2.62. The number of carbonyl (C=O) groups excluding carboxylic acids is 2. The minimum atomic E-state index is -1.01. The zero-order chi connectivity index (χ0) is 19.9. The van der Waals surface area contributed by atoms with E-state index in [2.05, 4.69) is 10.6 Å². The van der Waals surface area contributed by atoms with Crippen molar-refractivity contribution < 1.29 is 24.2 Å². The molecular weight excluding hydrogens is 350 g/mol. The van der Waals surface area contributed by atoms with Gasteiger partial charge < -0.3 is 25.4 Å². The maximum absolute atomic E-state index is 12.7. The molecule has 0 radical (unpaired) electrons. The Bertz CT molecular complexity index is 667. The Kier molecular flexibility index (Phi) is 7.18. The highest BCUT2D eigenvalue weighted by atomic mass is 16.5. The van der Waals surface area contributed by atoms with Crippen molar-refractivity contribution in [1.82, 2.24) is 10.2 Å². The van der Waals surface area contributed by atoms with Crippen molar-refractivity contribution in [3.63, 3.8) is 0 Å². The fourth-order valence-corrected chi connectivity index (χ4v) is 3.28. The molecule has 3 N–H and O–H groups in total. The molecule has 3 amide bonds. The number of methoxy groups -OCH3 is 1. The van der Waals surface area contributed by atoms with Gasteiger partial charge >= 0.3 is 12.0 Å². The lowest BCUT2D eigenvalue weighted by molar-refractivity contribution is -0.140. The molecule has 0 spiro atoms. The SMILES string of the molecule is COCC(C)(CC(=O)O)NC(=O)C1CCCN(C(=O)Nc2ccccc2)C1. The Morgan fingerprint density at radius 1 is 1.30 bits per heavy atom. The molecule has 8 heteroatoms. The molecule has 1 aliphatic rings. The summed E-state index contributed by atoms with van der Waals surface area (Å²) in [6, 6.07) is 8.89. The van der Waals surface area contributed by atoms with E-state index in [1.807, 2.05) is 18.2 Å². The molecule has 27 heavy (non-hydrogen) atoms. The zero-order valence-electron chi connectivity index (χ0n) is 15.7. The van der Waals surface area contributed by atoms with Crippen LogP contribution in [-0.2, 0) is 14.3 Å². The van der Waals surface area contributed by atoms with Crippen LogP contribution in [0.3, 0.4) is 0 Å². The molecule has 1 fully saturated rings. The highest BCUT2D eigenvalue weighted by molar-refractivity contribution is 5.90. The second-order valence-corrected chi connectivity index (χ2v) is 7.13. The maximum atomic E-state index is 12.7. The van der Waals surface area contributed by atoms with Crippen LogP contribution in [0.15, 0.2) is 30.3 Å². The van der Waals surface area contributed by atoms with E-state index >= 15 is 0 Å². The number of anilines is 1. The summed E-state index contributed by atoms with van der Waals surface area (Å²) >= 11 is 0. The number of urea groups is 1. The molecule has 2 atom stereocenters. The highest BCUT2D eigenvalue weighted by Gasteiger charge is 2.34. The topological polar surface area (TPSA) is 108 Å². The molecule has 2 unspecified atom stereocenters. The predicted octanol–water partition coefficient (Wildman–Crippen LogP) is 1.93. The van der Waals surface area contributed by atoms with Crippen molar-refractivity contribution in [1.29, 1.82) is 0 Å². The van der Waals surface area contributed by atoms with Gasteiger partial charge in [0.15, 0.2) is 0 Å². The molecule has 0 aliphatic carbocycles. The summed E-state index contributed by atoms with van der Waals surface area (Å²) in [6.45, 7) is 2.61. The van der Waals surface area contributed by atoms with Crippen LogP contribution >= 0.6 is 0 Å². The van der Waals surface area contributed by atoms with Crippen molar-refractivity contribution in [2.24, 2.45) is 5.92 Å². The Morgan fingerprint density at radius 2 is 2.00 bits per heavy atom. The normalized spacial score (nSPS) is 19.0. The summed E-state index contributed by atoms with van der Waals surface area (Å²) in [5.41, 5.74) is -0.296. The molecule has 148 valence electrons. The van der Waals surface area contributed by atoms with Crippen molar-refractivity contribution in [2.75, 3.05) is 32.1 Å². The Labute approximate surface area is 158 Å². The smallest absolute Gasteiger partial charge is 0.321 e. The van der Waals surface area contributed by atoms with E-state index in [4.69, 9.17) is 9.84 Å². The van der Waals surface area contributed by atoms with Gasteiger partial charge in [0.25, 0.3) is 0 Å². The largest absolute Gasteiger partial charge is 0.481 e. The van der Waals surface area contributed by atoms with Gasteiger partial charge in [-0.1, -0.05) is 18.2 Å². The lowest BCUT2D eigenvalue weighted by Crippen LogP contribution is -2.55. The first kappa shape index (κ1) is 20.7. The van der Waals surface area contributed by atoms with Crippen LogP contribution in [0.4, 0.5) is 10.5 Å². The van der Waals surface area contributed by atoms with Gasteiger partial charge in [-0.2, -0.15) is 0 Å². The van der Waals surface area contributed by atoms with Gasteiger partial charge in [-0.05, 0) is 31.9 Å².